The number of carbonyl (C=O) groups excluding carboxylic acids is 1. The lowest BCUT2D eigenvalue weighted by molar-refractivity contribution is 0.213. The molecule has 1 atom stereocenters. The van der Waals surface area contributed by atoms with E-state index >= 15 is 0 Å². The van der Waals surface area contributed by atoms with E-state index in [1.54, 1.807) is 4.90 Å². The van der Waals surface area contributed by atoms with Crippen LogP contribution in [0.1, 0.15) is 19.3 Å². The van der Waals surface area contributed by atoms with Crippen LogP contribution in [0, 0.1) is 5.82 Å². The number of nitrogens with zero attached hydrogens (tertiary/aromatic N) is 1. The Kier molecular flexibility index (Phi) is 6.52. The fourth-order valence-corrected chi connectivity index (χ4v) is 2.28. The van der Waals surface area contributed by atoms with E-state index in [9.17, 15) is 9.18 Å². The molecule has 0 spiro atoms. The summed E-state index contributed by atoms with van der Waals surface area (Å²) in [4.78, 5) is 13.8. The van der Waals surface area contributed by atoms with Crippen molar-refractivity contribution in [3.05, 3.63) is 29.0 Å². The summed E-state index contributed by atoms with van der Waals surface area (Å²) in [6.45, 7) is 1.33. The molecule has 1 aliphatic heterocycles. The highest BCUT2D eigenvalue weighted by molar-refractivity contribution is 6.31. The van der Waals surface area contributed by atoms with Crippen LogP contribution >= 0.6 is 24.0 Å². The molecule has 0 radical (unpaired) electrons. The Morgan fingerprint density at radius 3 is 2.85 bits per heavy atom. The van der Waals surface area contributed by atoms with Crippen molar-refractivity contribution >= 4 is 35.7 Å². The molecule has 1 aliphatic rings. The molecule has 0 saturated carbocycles. The van der Waals surface area contributed by atoms with E-state index in [2.05, 4.69) is 5.32 Å². The van der Waals surface area contributed by atoms with E-state index in [1.165, 1.54) is 18.2 Å². The van der Waals surface area contributed by atoms with Gasteiger partial charge in [0.15, 0.2) is 0 Å². The molecule has 4 nitrogen and oxygen atoms in total. The Labute approximate surface area is 128 Å². The zero-order chi connectivity index (χ0) is 13.8. The minimum absolute atomic E-state index is 0. The number of carbonyl (C=O) groups is 1. The smallest absolute Gasteiger partial charge is 0.321 e. The number of anilines is 1. The molecule has 1 aromatic rings. The SMILES string of the molecule is Cl.NC1CCCN(C(=O)Nc2ccc(F)c(Cl)c2)CC1. The maximum Gasteiger partial charge on any atom is 0.321 e. The largest absolute Gasteiger partial charge is 0.328 e. The second-order valence-corrected chi connectivity index (χ2v) is 5.14. The van der Waals surface area contributed by atoms with Crippen LogP contribution in [0.25, 0.3) is 0 Å². The van der Waals surface area contributed by atoms with Gasteiger partial charge in [-0.2, -0.15) is 0 Å². The van der Waals surface area contributed by atoms with Gasteiger partial charge in [-0.15, -0.1) is 12.4 Å². The fraction of sp³-hybridized carbons (Fsp3) is 0.462. The Morgan fingerprint density at radius 2 is 2.15 bits per heavy atom. The Bertz CT molecular complexity index is 473. The van der Waals surface area contributed by atoms with Crippen LogP contribution in [0.5, 0.6) is 0 Å². The molecule has 1 saturated heterocycles. The fourth-order valence-electron chi connectivity index (χ4n) is 2.10. The van der Waals surface area contributed by atoms with Gasteiger partial charge in [0, 0.05) is 24.8 Å². The van der Waals surface area contributed by atoms with Crippen molar-refractivity contribution < 1.29 is 9.18 Å². The normalized spacial score (nSPS) is 18.9. The summed E-state index contributed by atoms with van der Waals surface area (Å²) in [6.07, 6.45) is 2.64. The lowest BCUT2D eigenvalue weighted by atomic mass is 10.1. The predicted octanol–water partition coefficient (Wildman–Crippen LogP) is 3.25. The van der Waals surface area contributed by atoms with Gasteiger partial charge in [0.2, 0.25) is 0 Å². The van der Waals surface area contributed by atoms with Crippen LogP contribution in [-0.4, -0.2) is 30.1 Å². The van der Waals surface area contributed by atoms with Crippen molar-refractivity contribution in [2.45, 2.75) is 25.3 Å². The molecule has 20 heavy (non-hydrogen) atoms. The first-order valence-electron chi connectivity index (χ1n) is 6.33. The number of amides is 2. The first-order chi connectivity index (χ1) is 9.06. The summed E-state index contributed by atoms with van der Waals surface area (Å²) >= 11 is 5.67. The predicted molar refractivity (Wildman–Crippen MR) is 81.1 cm³/mol. The molecular weight excluding hydrogens is 304 g/mol. The number of likely N-dealkylation sites (tertiary alicyclic amines) is 1. The number of hydrogen-bond donors (Lipinski definition) is 2. The summed E-state index contributed by atoms with van der Waals surface area (Å²) in [5.41, 5.74) is 6.36. The highest BCUT2D eigenvalue weighted by atomic mass is 35.5. The molecule has 0 bridgehead atoms. The number of hydrogen-bond acceptors (Lipinski definition) is 2. The highest BCUT2D eigenvalue weighted by Gasteiger charge is 2.18. The summed E-state index contributed by atoms with van der Waals surface area (Å²) in [5.74, 6) is -0.500. The summed E-state index contributed by atoms with van der Waals surface area (Å²) in [7, 11) is 0. The van der Waals surface area contributed by atoms with Gasteiger partial charge in [-0.05, 0) is 37.5 Å². The number of nitrogens with one attached hydrogen (secondary N) is 1. The van der Waals surface area contributed by atoms with Gasteiger partial charge in [0.25, 0.3) is 0 Å². The molecule has 1 heterocycles. The van der Waals surface area contributed by atoms with E-state index in [0.717, 1.165) is 19.3 Å². The monoisotopic (exact) mass is 321 g/mol. The topological polar surface area (TPSA) is 58.4 Å². The van der Waals surface area contributed by atoms with Gasteiger partial charge < -0.3 is 16.0 Å². The molecular formula is C13H18Cl2FN3O. The summed E-state index contributed by atoms with van der Waals surface area (Å²) in [5, 5.41) is 2.71. The molecule has 7 heteroatoms. The van der Waals surface area contributed by atoms with Crippen molar-refractivity contribution in [1.82, 2.24) is 4.90 Å². The standard InChI is InChI=1S/C13H17ClFN3O.ClH/c14-11-8-10(3-4-12(11)15)17-13(19)18-6-1-2-9(16)5-7-18;/h3-4,8-9H,1-2,5-7,16H2,(H,17,19);1H. The zero-order valence-corrected chi connectivity index (χ0v) is 12.5. The minimum atomic E-state index is -0.500. The Morgan fingerprint density at radius 1 is 1.40 bits per heavy atom. The second-order valence-electron chi connectivity index (χ2n) is 4.74. The molecule has 3 N–H and O–H groups in total. The van der Waals surface area contributed by atoms with E-state index in [4.69, 9.17) is 17.3 Å². The van der Waals surface area contributed by atoms with E-state index in [1.807, 2.05) is 0 Å². The van der Waals surface area contributed by atoms with Gasteiger partial charge >= 0.3 is 6.03 Å². The number of urea groups is 1. The van der Waals surface area contributed by atoms with Crippen LogP contribution in [0.2, 0.25) is 5.02 Å². The second kappa shape index (κ2) is 7.67. The first-order valence-corrected chi connectivity index (χ1v) is 6.70. The van der Waals surface area contributed by atoms with Gasteiger partial charge in [-0.1, -0.05) is 11.6 Å². The average molecular weight is 322 g/mol. The van der Waals surface area contributed by atoms with Gasteiger partial charge in [0.05, 0.1) is 5.02 Å². The molecule has 2 amide bonds. The van der Waals surface area contributed by atoms with Crippen molar-refractivity contribution in [2.24, 2.45) is 5.73 Å². The maximum atomic E-state index is 13.0. The Hall–Kier alpha value is -1.04. The number of rotatable bonds is 1. The van der Waals surface area contributed by atoms with Crippen LogP contribution < -0.4 is 11.1 Å². The number of nitrogens with two attached hydrogens (primary N) is 1. The van der Waals surface area contributed by atoms with Crippen LogP contribution in [0.4, 0.5) is 14.9 Å². The van der Waals surface area contributed by atoms with Crippen LogP contribution in [0.15, 0.2) is 18.2 Å². The van der Waals surface area contributed by atoms with Gasteiger partial charge in [-0.3, -0.25) is 0 Å². The lowest BCUT2D eigenvalue weighted by Gasteiger charge is -2.21. The van der Waals surface area contributed by atoms with E-state index in [0.29, 0.717) is 18.8 Å². The van der Waals surface area contributed by atoms with E-state index in [-0.39, 0.29) is 29.5 Å². The van der Waals surface area contributed by atoms with Crippen molar-refractivity contribution in [1.29, 1.82) is 0 Å². The molecule has 1 unspecified atom stereocenters. The van der Waals surface area contributed by atoms with Gasteiger partial charge in [0.1, 0.15) is 5.82 Å². The van der Waals surface area contributed by atoms with Crippen LogP contribution in [0.3, 0.4) is 0 Å². The third kappa shape index (κ3) is 4.51. The number of benzene rings is 1. The first kappa shape index (κ1) is 17.0. The average Bonchev–Trinajstić information content (AvgIpc) is 2.59. The quantitative estimate of drug-likeness (QED) is 0.834. The minimum Gasteiger partial charge on any atom is -0.328 e. The zero-order valence-electron chi connectivity index (χ0n) is 10.9. The third-order valence-corrected chi connectivity index (χ3v) is 3.52. The van der Waals surface area contributed by atoms with Crippen LogP contribution in [-0.2, 0) is 0 Å². The highest BCUT2D eigenvalue weighted by Crippen LogP contribution is 2.20. The molecule has 2 rings (SSSR count). The lowest BCUT2D eigenvalue weighted by Crippen LogP contribution is -2.36. The summed E-state index contributed by atoms with van der Waals surface area (Å²) in [6, 6.07) is 4.09. The molecule has 112 valence electrons. The van der Waals surface area contributed by atoms with Gasteiger partial charge in [-0.25, -0.2) is 9.18 Å². The molecule has 0 aromatic heterocycles. The number of halogens is 3. The molecule has 0 aliphatic carbocycles. The third-order valence-electron chi connectivity index (χ3n) is 3.23. The molecule has 1 fully saturated rings. The molecule has 1 aromatic carbocycles. The van der Waals surface area contributed by atoms with Crippen molar-refractivity contribution in [3.8, 4) is 0 Å². The van der Waals surface area contributed by atoms with Crippen molar-refractivity contribution in [2.75, 3.05) is 18.4 Å². The van der Waals surface area contributed by atoms with E-state index < -0.39 is 5.82 Å². The van der Waals surface area contributed by atoms with Crippen molar-refractivity contribution in [3.63, 3.8) is 0 Å². The Balaban J connectivity index is 0.00000200. The maximum absolute atomic E-state index is 13.0. The summed E-state index contributed by atoms with van der Waals surface area (Å²) < 4.78 is 13.0.